The number of H-pyrrole nitrogens is 1. The van der Waals surface area contributed by atoms with Crippen LogP contribution in [0.3, 0.4) is 0 Å². The highest BCUT2D eigenvalue weighted by molar-refractivity contribution is 7.80. The summed E-state index contributed by atoms with van der Waals surface area (Å²) in [5, 5.41) is 19.0. The molecule has 1 saturated heterocycles. The van der Waals surface area contributed by atoms with E-state index in [4.69, 9.17) is 22.3 Å². The predicted octanol–water partition coefficient (Wildman–Crippen LogP) is 4.22. The molecule has 0 spiro atoms. The molecule has 8 heteroatoms. The van der Waals surface area contributed by atoms with Crippen molar-refractivity contribution in [2.24, 2.45) is 0 Å². The van der Waals surface area contributed by atoms with Crippen LogP contribution in [0.2, 0.25) is 0 Å². The van der Waals surface area contributed by atoms with Crippen LogP contribution in [0.1, 0.15) is 46.6 Å². The molecule has 1 unspecified atom stereocenters. The van der Waals surface area contributed by atoms with Gasteiger partial charge in [-0.15, -0.1) is 0 Å². The highest BCUT2D eigenvalue weighted by Crippen LogP contribution is 2.35. The zero-order valence-electron chi connectivity index (χ0n) is 15.5. The fourth-order valence-corrected chi connectivity index (χ4v) is 3.78. The molecule has 0 amide bonds. The van der Waals surface area contributed by atoms with Gasteiger partial charge in [0.25, 0.3) is 0 Å². The summed E-state index contributed by atoms with van der Waals surface area (Å²) in [5.74, 6) is -0.950. The minimum atomic E-state index is -0.520. The lowest BCUT2D eigenvalue weighted by Gasteiger charge is -2.20. The molecule has 0 bridgehead atoms. The van der Waals surface area contributed by atoms with Crippen LogP contribution >= 0.6 is 12.2 Å². The lowest BCUT2D eigenvalue weighted by atomic mass is 9.97. The van der Waals surface area contributed by atoms with E-state index in [1.165, 1.54) is 0 Å². The standard InChI is InChI=1S/C20H20N4O3S/c1-2-27-20(26)16-10-15(18(23-16)17(25)11-22-21)14-8-9-24(19(14)28)12-13-6-4-3-5-7-13/h3-7,10-11,14H,2,8-9,12H2,1H3,(H-,23,25,26)/p+1. The monoisotopic (exact) mass is 397 g/mol. The zero-order chi connectivity index (χ0) is 20.1. The number of hydrogen-bond donors (Lipinski definition) is 2. The number of aliphatic hydroxyl groups excluding tert-OH is 1. The van der Waals surface area contributed by atoms with E-state index >= 15 is 0 Å². The lowest BCUT2D eigenvalue weighted by Crippen LogP contribution is -2.24. The average Bonchev–Trinajstić information content (AvgIpc) is 3.27. The molecule has 7 nitrogen and oxygen atoms in total. The van der Waals surface area contributed by atoms with Gasteiger partial charge in [-0.1, -0.05) is 42.5 Å². The van der Waals surface area contributed by atoms with Gasteiger partial charge in [0.15, 0.2) is 4.98 Å². The first kappa shape index (κ1) is 19.6. The molecule has 1 atom stereocenters. The Bertz CT molecular complexity index is 946. The number of carbonyl (C=O) groups excluding carboxylic acids is 1. The number of nitrogens with zero attached hydrogens (tertiary/aromatic N) is 3. The van der Waals surface area contributed by atoms with Gasteiger partial charge in [-0.05, 0) is 30.5 Å². The molecule has 1 aliphatic rings. The fraction of sp³-hybridized carbons (Fsp3) is 0.300. The van der Waals surface area contributed by atoms with E-state index in [0.29, 0.717) is 17.8 Å². The number of nitrogens with one attached hydrogen (secondary N) is 1. The molecular weight excluding hydrogens is 376 g/mol. The first-order chi connectivity index (χ1) is 13.5. The van der Waals surface area contributed by atoms with E-state index in [2.05, 4.69) is 14.9 Å². The Morgan fingerprint density at radius 3 is 2.89 bits per heavy atom. The number of ether oxygens (including phenoxy) is 1. The third-order valence-corrected chi connectivity index (χ3v) is 5.21. The van der Waals surface area contributed by atoms with E-state index in [-0.39, 0.29) is 24.0 Å². The summed E-state index contributed by atoms with van der Waals surface area (Å²) in [4.78, 5) is 20.7. The highest BCUT2D eigenvalue weighted by atomic mass is 32.1. The summed E-state index contributed by atoms with van der Waals surface area (Å²) in [5.41, 5.74) is 2.36. The quantitative estimate of drug-likeness (QED) is 0.328. The van der Waals surface area contributed by atoms with Gasteiger partial charge in [-0.2, -0.15) is 0 Å². The average molecular weight is 397 g/mol. The van der Waals surface area contributed by atoms with Gasteiger partial charge in [-0.25, -0.2) is 4.79 Å². The summed E-state index contributed by atoms with van der Waals surface area (Å²) in [6, 6.07) is 11.7. The zero-order valence-corrected chi connectivity index (χ0v) is 16.3. The molecule has 0 radical (unpaired) electrons. The van der Waals surface area contributed by atoms with Crippen LogP contribution < -0.4 is 0 Å². The number of likely N-dealkylation sites (tertiary alicyclic amines) is 1. The normalized spacial score (nSPS) is 16.9. The topological polar surface area (TPSA) is 93.7 Å². The molecule has 1 aromatic heterocycles. The number of aliphatic hydroxyl groups is 1. The van der Waals surface area contributed by atoms with E-state index in [1.807, 2.05) is 30.3 Å². The summed E-state index contributed by atoms with van der Waals surface area (Å²) in [7, 11) is 0. The number of diazo groups is 1. The van der Waals surface area contributed by atoms with Gasteiger partial charge in [-0.3, -0.25) is 0 Å². The molecular formula is C20H21N4O3S+. The maximum absolute atomic E-state index is 12.1. The van der Waals surface area contributed by atoms with E-state index in [0.717, 1.165) is 29.7 Å². The molecule has 2 N–H and O–H groups in total. The van der Waals surface area contributed by atoms with Gasteiger partial charge >= 0.3 is 12.2 Å². The molecule has 2 heterocycles. The molecule has 144 valence electrons. The number of thiocarbonyl (C=S) groups is 1. The third kappa shape index (κ3) is 4.05. The van der Waals surface area contributed by atoms with Gasteiger partial charge in [0.1, 0.15) is 5.69 Å². The Morgan fingerprint density at radius 2 is 2.21 bits per heavy atom. The first-order valence-corrected chi connectivity index (χ1v) is 9.42. The van der Waals surface area contributed by atoms with Crippen LogP contribution in [0.25, 0.3) is 10.7 Å². The molecule has 3 rings (SSSR count). The number of aromatic amines is 1. The summed E-state index contributed by atoms with van der Waals surface area (Å²) in [6.07, 6.45) is 1.66. The fourth-order valence-electron chi connectivity index (χ4n) is 3.38. The van der Waals surface area contributed by atoms with Crippen molar-refractivity contribution in [3.05, 3.63) is 70.1 Å². The number of aromatic nitrogens is 1. The summed E-state index contributed by atoms with van der Waals surface area (Å²) >= 11 is 5.70. The summed E-state index contributed by atoms with van der Waals surface area (Å²) < 4.78 is 5.04. The molecule has 1 aromatic carbocycles. The summed E-state index contributed by atoms with van der Waals surface area (Å²) in [6.45, 7) is 3.43. The van der Waals surface area contributed by atoms with Crippen LogP contribution in [-0.4, -0.2) is 39.1 Å². The van der Waals surface area contributed by atoms with E-state index in [1.54, 1.807) is 13.0 Å². The molecule has 1 aliphatic heterocycles. The molecule has 28 heavy (non-hydrogen) atoms. The SMILES string of the molecule is CCOC(=O)c1cc(C2CCN(Cc3ccccc3)C2=S)c(C(O)=C[N+]#N)[nH]1. The Morgan fingerprint density at radius 1 is 1.46 bits per heavy atom. The van der Waals surface area contributed by atoms with Crippen molar-refractivity contribution < 1.29 is 14.6 Å². The van der Waals surface area contributed by atoms with Crippen molar-refractivity contribution in [2.45, 2.75) is 25.8 Å². The number of rotatable bonds is 6. The van der Waals surface area contributed by atoms with Crippen molar-refractivity contribution in [1.82, 2.24) is 9.88 Å². The molecule has 2 aromatic rings. The second kappa shape index (κ2) is 8.67. The highest BCUT2D eigenvalue weighted by Gasteiger charge is 2.34. The Kier molecular flexibility index (Phi) is 6.06. The van der Waals surface area contributed by atoms with Crippen LogP contribution in [0.4, 0.5) is 0 Å². The number of benzene rings is 1. The van der Waals surface area contributed by atoms with Crippen LogP contribution in [0.5, 0.6) is 0 Å². The van der Waals surface area contributed by atoms with Crippen molar-refractivity contribution in [3.8, 4) is 0 Å². The molecule has 1 fully saturated rings. The van der Waals surface area contributed by atoms with E-state index < -0.39 is 5.97 Å². The van der Waals surface area contributed by atoms with Crippen LogP contribution in [-0.2, 0) is 11.3 Å². The first-order valence-electron chi connectivity index (χ1n) is 9.01. The predicted molar refractivity (Wildman–Crippen MR) is 109 cm³/mol. The van der Waals surface area contributed by atoms with Gasteiger partial charge in [0, 0.05) is 19.0 Å². The Labute approximate surface area is 168 Å². The van der Waals surface area contributed by atoms with Gasteiger partial charge < -0.3 is 19.7 Å². The molecule has 0 aliphatic carbocycles. The maximum atomic E-state index is 12.1. The molecule has 0 saturated carbocycles. The number of esters is 1. The van der Waals surface area contributed by atoms with Crippen molar-refractivity contribution in [3.63, 3.8) is 0 Å². The van der Waals surface area contributed by atoms with Crippen molar-refractivity contribution >= 4 is 28.9 Å². The lowest BCUT2D eigenvalue weighted by molar-refractivity contribution is 0.0520. The second-order valence-electron chi connectivity index (χ2n) is 6.45. The largest absolute Gasteiger partial charge is 0.500 e. The number of carbonyl (C=O) groups is 1. The van der Waals surface area contributed by atoms with Crippen LogP contribution in [0, 0.1) is 5.39 Å². The van der Waals surface area contributed by atoms with Gasteiger partial charge in [0.2, 0.25) is 11.2 Å². The maximum Gasteiger partial charge on any atom is 0.393 e. The minimum absolute atomic E-state index is 0.151. The second-order valence-corrected chi connectivity index (χ2v) is 6.87. The van der Waals surface area contributed by atoms with Crippen LogP contribution in [0.15, 0.2) is 42.6 Å². The Hall–Kier alpha value is -3.18. The van der Waals surface area contributed by atoms with E-state index in [9.17, 15) is 9.90 Å². The van der Waals surface area contributed by atoms with Gasteiger partial charge in [0.05, 0.1) is 17.3 Å². The third-order valence-electron chi connectivity index (χ3n) is 4.67. The number of hydrogen-bond acceptors (Lipinski definition) is 5. The van der Waals surface area contributed by atoms with Crippen molar-refractivity contribution in [2.75, 3.05) is 13.2 Å². The Balaban J connectivity index is 1.89. The minimum Gasteiger partial charge on any atom is -0.500 e. The smallest absolute Gasteiger partial charge is 0.393 e. The van der Waals surface area contributed by atoms with Crippen molar-refractivity contribution in [1.29, 1.82) is 5.39 Å².